The third kappa shape index (κ3) is 4.99. The molecule has 1 aromatic rings. The second-order valence-corrected chi connectivity index (χ2v) is 6.11. The van der Waals surface area contributed by atoms with Crippen molar-refractivity contribution in [3.05, 3.63) is 12.4 Å². The summed E-state index contributed by atoms with van der Waals surface area (Å²) in [5.74, 6) is -0.949. The molecule has 1 unspecified atom stereocenters. The third-order valence-corrected chi connectivity index (χ3v) is 4.10. The van der Waals surface area contributed by atoms with Gasteiger partial charge in [-0.2, -0.15) is 5.10 Å². The van der Waals surface area contributed by atoms with Gasteiger partial charge in [0.1, 0.15) is 4.90 Å². The lowest BCUT2D eigenvalue weighted by molar-refractivity contribution is -0.137. The maximum absolute atomic E-state index is 12.0. The van der Waals surface area contributed by atoms with Crippen LogP contribution in [0.5, 0.6) is 0 Å². The normalized spacial score (nSPS) is 13.4. The van der Waals surface area contributed by atoms with E-state index >= 15 is 0 Å². The molecule has 0 aliphatic heterocycles. The van der Waals surface area contributed by atoms with Crippen LogP contribution < -0.4 is 4.72 Å². The third-order valence-electron chi connectivity index (χ3n) is 2.55. The summed E-state index contributed by atoms with van der Waals surface area (Å²) in [6.07, 6.45) is 4.11. The molecule has 0 spiro atoms. The van der Waals surface area contributed by atoms with Gasteiger partial charge < -0.3 is 5.11 Å². The molecule has 0 amide bonds. The lowest BCUT2D eigenvalue weighted by atomic mass is 10.2. The van der Waals surface area contributed by atoms with E-state index in [2.05, 4.69) is 9.82 Å². The number of nitrogens with one attached hydrogen (secondary N) is 1. The fraction of sp³-hybridized carbons (Fsp3) is 0.636. The quantitative estimate of drug-likeness (QED) is 0.738. The Kier molecular flexibility index (Phi) is 5.49. The molecular formula is C11H19N3O4S. The summed E-state index contributed by atoms with van der Waals surface area (Å²) in [6, 6.07) is -0.141. The largest absolute Gasteiger partial charge is 0.481 e. The lowest BCUT2D eigenvalue weighted by Gasteiger charge is -2.11. The minimum atomic E-state index is -3.58. The van der Waals surface area contributed by atoms with Gasteiger partial charge in [-0.15, -0.1) is 0 Å². The number of aryl methyl sites for hydroxylation is 1. The minimum Gasteiger partial charge on any atom is -0.481 e. The van der Waals surface area contributed by atoms with Crippen LogP contribution in [0.2, 0.25) is 0 Å². The van der Waals surface area contributed by atoms with E-state index in [0.29, 0.717) is 0 Å². The van der Waals surface area contributed by atoms with Gasteiger partial charge in [0.2, 0.25) is 10.0 Å². The van der Waals surface area contributed by atoms with Gasteiger partial charge in [-0.05, 0) is 13.3 Å². The monoisotopic (exact) mass is 289 g/mol. The van der Waals surface area contributed by atoms with Crippen molar-refractivity contribution in [2.75, 3.05) is 0 Å². The first-order valence-electron chi connectivity index (χ1n) is 6.11. The number of hydrogen-bond donors (Lipinski definition) is 2. The van der Waals surface area contributed by atoms with Crippen LogP contribution in [-0.4, -0.2) is 35.3 Å². The summed E-state index contributed by atoms with van der Waals surface area (Å²) >= 11 is 0. The van der Waals surface area contributed by atoms with Crippen LogP contribution in [0.3, 0.4) is 0 Å². The van der Waals surface area contributed by atoms with Crippen molar-refractivity contribution in [2.24, 2.45) is 0 Å². The Balaban J connectivity index is 2.71. The minimum absolute atomic E-state index is 0.0563. The van der Waals surface area contributed by atoms with Gasteiger partial charge in [0.25, 0.3) is 0 Å². The van der Waals surface area contributed by atoms with Crippen molar-refractivity contribution in [2.45, 2.75) is 50.6 Å². The first kappa shape index (κ1) is 15.6. The zero-order valence-electron chi connectivity index (χ0n) is 11.0. The van der Waals surface area contributed by atoms with E-state index in [4.69, 9.17) is 5.11 Å². The molecule has 1 atom stereocenters. The Morgan fingerprint density at radius 3 is 2.84 bits per heavy atom. The number of nitrogens with zero attached hydrogens (tertiary/aromatic N) is 2. The second kappa shape index (κ2) is 6.67. The first-order chi connectivity index (χ1) is 8.85. The molecule has 1 aromatic heterocycles. The van der Waals surface area contributed by atoms with Gasteiger partial charge in [0, 0.05) is 12.2 Å². The molecule has 0 saturated heterocycles. The van der Waals surface area contributed by atoms with Crippen molar-refractivity contribution < 1.29 is 18.3 Å². The highest BCUT2D eigenvalue weighted by atomic mass is 32.2. The van der Waals surface area contributed by atoms with Gasteiger partial charge >= 0.3 is 5.97 Å². The maximum atomic E-state index is 12.0. The highest BCUT2D eigenvalue weighted by molar-refractivity contribution is 7.89. The molecule has 1 heterocycles. The Morgan fingerprint density at radius 2 is 2.26 bits per heavy atom. The standard InChI is InChI=1S/C11H19N3O4S/c1-3-4-9(2)13-19(17,18)10-7-12-14(8-10)6-5-11(15)16/h7-9,13H,3-6H2,1-2H3,(H,15,16). The van der Waals surface area contributed by atoms with Crippen LogP contribution >= 0.6 is 0 Å². The number of carbonyl (C=O) groups is 1. The molecule has 108 valence electrons. The zero-order chi connectivity index (χ0) is 14.5. The van der Waals surface area contributed by atoms with Gasteiger partial charge in [-0.25, -0.2) is 13.1 Å². The first-order valence-corrected chi connectivity index (χ1v) is 7.60. The maximum Gasteiger partial charge on any atom is 0.305 e. The van der Waals surface area contributed by atoms with Crippen molar-refractivity contribution in [3.63, 3.8) is 0 Å². The fourth-order valence-electron chi connectivity index (χ4n) is 1.64. The molecule has 0 radical (unpaired) electrons. The van der Waals surface area contributed by atoms with Crippen molar-refractivity contribution in [1.82, 2.24) is 14.5 Å². The predicted molar refractivity (Wildman–Crippen MR) is 69.2 cm³/mol. The topological polar surface area (TPSA) is 101 Å². The second-order valence-electron chi connectivity index (χ2n) is 4.39. The van der Waals surface area contributed by atoms with E-state index in [-0.39, 0.29) is 23.9 Å². The molecule has 1 rings (SSSR count). The number of aromatic nitrogens is 2. The zero-order valence-corrected chi connectivity index (χ0v) is 11.9. The van der Waals surface area contributed by atoms with E-state index in [1.807, 2.05) is 6.92 Å². The smallest absolute Gasteiger partial charge is 0.305 e. The Bertz CT molecular complexity index is 524. The number of aliphatic carboxylic acids is 1. The van der Waals surface area contributed by atoms with Crippen LogP contribution in [-0.2, 0) is 21.4 Å². The van der Waals surface area contributed by atoms with E-state index in [0.717, 1.165) is 12.8 Å². The van der Waals surface area contributed by atoms with Gasteiger partial charge in [-0.3, -0.25) is 9.48 Å². The Labute approximate surface area is 112 Å². The lowest BCUT2D eigenvalue weighted by Crippen LogP contribution is -2.32. The highest BCUT2D eigenvalue weighted by Crippen LogP contribution is 2.09. The molecule has 0 bridgehead atoms. The molecule has 0 saturated carbocycles. The van der Waals surface area contributed by atoms with Gasteiger partial charge in [0.15, 0.2) is 0 Å². The summed E-state index contributed by atoms with van der Waals surface area (Å²) in [4.78, 5) is 10.5. The molecule has 0 fully saturated rings. The highest BCUT2D eigenvalue weighted by Gasteiger charge is 2.19. The molecule has 2 N–H and O–H groups in total. The number of rotatable bonds is 8. The average molecular weight is 289 g/mol. The molecule has 8 heteroatoms. The number of sulfonamides is 1. The van der Waals surface area contributed by atoms with E-state index < -0.39 is 16.0 Å². The summed E-state index contributed by atoms with van der Waals surface area (Å²) in [5.41, 5.74) is 0. The summed E-state index contributed by atoms with van der Waals surface area (Å²) in [6.45, 7) is 3.93. The fourth-order valence-corrected chi connectivity index (χ4v) is 2.87. The van der Waals surface area contributed by atoms with E-state index in [1.54, 1.807) is 6.92 Å². The van der Waals surface area contributed by atoms with Crippen molar-refractivity contribution in [3.8, 4) is 0 Å². The SMILES string of the molecule is CCCC(C)NS(=O)(=O)c1cnn(CCC(=O)O)c1. The van der Waals surface area contributed by atoms with Crippen LogP contribution in [0.4, 0.5) is 0 Å². The van der Waals surface area contributed by atoms with E-state index in [9.17, 15) is 13.2 Å². The number of carboxylic acids is 1. The van der Waals surface area contributed by atoms with Crippen LogP contribution in [0, 0.1) is 0 Å². The average Bonchev–Trinajstić information content (AvgIpc) is 2.75. The van der Waals surface area contributed by atoms with Crippen LogP contribution in [0.25, 0.3) is 0 Å². The van der Waals surface area contributed by atoms with Gasteiger partial charge in [-0.1, -0.05) is 13.3 Å². The van der Waals surface area contributed by atoms with Gasteiger partial charge in [0.05, 0.1) is 19.2 Å². The molecular weight excluding hydrogens is 270 g/mol. The molecule has 0 aliphatic carbocycles. The van der Waals surface area contributed by atoms with Crippen LogP contribution in [0.1, 0.15) is 33.1 Å². The van der Waals surface area contributed by atoms with Crippen LogP contribution in [0.15, 0.2) is 17.3 Å². The molecule has 0 aromatic carbocycles. The van der Waals surface area contributed by atoms with E-state index in [1.165, 1.54) is 17.1 Å². The summed E-state index contributed by atoms with van der Waals surface area (Å²) < 4.78 is 27.8. The van der Waals surface area contributed by atoms with Crippen molar-refractivity contribution >= 4 is 16.0 Å². The Morgan fingerprint density at radius 1 is 1.58 bits per heavy atom. The number of hydrogen-bond acceptors (Lipinski definition) is 4. The molecule has 0 aliphatic rings. The Hall–Kier alpha value is -1.41. The number of carboxylic acid groups (broad SMARTS) is 1. The van der Waals surface area contributed by atoms with Crippen molar-refractivity contribution in [1.29, 1.82) is 0 Å². The predicted octanol–water partition coefficient (Wildman–Crippen LogP) is 0.825. The summed E-state index contributed by atoms with van der Waals surface area (Å²) in [7, 11) is -3.58. The molecule has 19 heavy (non-hydrogen) atoms. The molecule has 7 nitrogen and oxygen atoms in total. The summed E-state index contributed by atoms with van der Waals surface area (Å²) in [5, 5.41) is 12.4.